The molecule has 1 aromatic rings. The van der Waals surface area contributed by atoms with Crippen molar-refractivity contribution in [3.63, 3.8) is 0 Å². The Kier molecular flexibility index (Phi) is 2.84. The van der Waals surface area contributed by atoms with Crippen LogP contribution in [0.25, 0.3) is 0 Å². The third-order valence-electron chi connectivity index (χ3n) is 4.57. The molecule has 1 spiro atoms. The van der Waals surface area contributed by atoms with Gasteiger partial charge >= 0.3 is 0 Å². The molecule has 3 fully saturated rings. The van der Waals surface area contributed by atoms with Crippen LogP contribution < -0.4 is 0 Å². The Morgan fingerprint density at radius 3 is 2.47 bits per heavy atom. The second-order valence-corrected chi connectivity index (χ2v) is 6.08. The average molecular weight is 264 g/mol. The van der Waals surface area contributed by atoms with Crippen LogP contribution in [0.15, 0.2) is 4.52 Å². The van der Waals surface area contributed by atoms with Crippen molar-refractivity contribution in [1.82, 2.24) is 10.1 Å². The summed E-state index contributed by atoms with van der Waals surface area (Å²) < 4.78 is 16.9. The first-order valence-corrected chi connectivity index (χ1v) is 7.43. The molecule has 0 bridgehead atoms. The van der Waals surface area contributed by atoms with Gasteiger partial charge in [-0.05, 0) is 31.6 Å². The highest BCUT2D eigenvalue weighted by Crippen LogP contribution is 2.40. The first-order valence-electron chi connectivity index (χ1n) is 7.43. The highest BCUT2D eigenvalue weighted by Gasteiger charge is 2.40. The molecule has 1 saturated heterocycles. The molecule has 2 saturated carbocycles. The minimum absolute atomic E-state index is 0.259. The van der Waals surface area contributed by atoms with E-state index in [2.05, 4.69) is 10.1 Å². The summed E-state index contributed by atoms with van der Waals surface area (Å²) in [6.07, 6.45) is 7.61. The molecule has 0 unspecified atom stereocenters. The van der Waals surface area contributed by atoms with Gasteiger partial charge in [-0.2, -0.15) is 4.98 Å². The summed E-state index contributed by atoms with van der Waals surface area (Å²) in [7, 11) is 0. The fourth-order valence-electron chi connectivity index (χ4n) is 3.21. The van der Waals surface area contributed by atoms with Gasteiger partial charge in [0.2, 0.25) is 5.89 Å². The largest absolute Gasteiger partial charge is 0.348 e. The molecular weight excluding hydrogens is 244 g/mol. The topological polar surface area (TPSA) is 57.4 Å². The normalized spacial score (nSPS) is 27.2. The van der Waals surface area contributed by atoms with Crippen LogP contribution in [-0.2, 0) is 15.9 Å². The van der Waals surface area contributed by atoms with Gasteiger partial charge in [0.05, 0.1) is 13.2 Å². The van der Waals surface area contributed by atoms with Crippen molar-refractivity contribution in [2.75, 3.05) is 13.2 Å². The number of aromatic nitrogens is 2. The molecule has 0 atom stereocenters. The van der Waals surface area contributed by atoms with Crippen LogP contribution in [0.2, 0.25) is 0 Å². The van der Waals surface area contributed by atoms with E-state index in [4.69, 9.17) is 14.0 Å². The van der Waals surface area contributed by atoms with Gasteiger partial charge in [-0.15, -0.1) is 0 Å². The quantitative estimate of drug-likeness (QED) is 0.839. The lowest BCUT2D eigenvalue weighted by atomic mass is 9.83. The Morgan fingerprint density at radius 2 is 1.79 bits per heavy atom. The minimum atomic E-state index is -0.259. The van der Waals surface area contributed by atoms with Gasteiger partial charge in [0.15, 0.2) is 11.6 Å². The first-order chi connectivity index (χ1) is 9.33. The summed E-state index contributed by atoms with van der Waals surface area (Å²) in [4.78, 5) is 4.52. The van der Waals surface area contributed by atoms with Crippen molar-refractivity contribution in [1.29, 1.82) is 0 Å². The lowest BCUT2D eigenvalue weighted by Gasteiger charge is -2.34. The van der Waals surface area contributed by atoms with E-state index in [1.54, 1.807) is 0 Å². The zero-order chi connectivity index (χ0) is 12.7. The van der Waals surface area contributed by atoms with Crippen molar-refractivity contribution < 1.29 is 14.0 Å². The number of nitrogens with zero attached hydrogens (tertiary/aromatic N) is 2. The molecule has 104 valence electrons. The second-order valence-electron chi connectivity index (χ2n) is 6.08. The predicted molar refractivity (Wildman–Crippen MR) is 66.6 cm³/mol. The van der Waals surface area contributed by atoms with E-state index in [-0.39, 0.29) is 5.79 Å². The molecule has 2 aliphatic carbocycles. The second kappa shape index (κ2) is 4.56. The van der Waals surface area contributed by atoms with Gasteiger partial charge in [0.25, 0.3) is 0 Å². The standard InChI is InChI=1S/C14H20N2O3/c1-2-11(1)13-15-12(19-16-13)9-10-3-5-14(6-4-10)17-7-8-18-14/h10-11H,1-9H2. The maximum absolute atomic E-state index is 5.75. The van der Waals surface area contributed by atoms with Crippen molar-refractivity contribution in [2.45, 2.75) is 56.7 Å². The van der Waals surface area contributed by atoms with E-state index < -0.39 is 0 Å². The third-order valence-corrected chi connectivity index (χ3v) is 4.57. The van der Waals surface area contributed by atoms with Gasteiger partial charge in [0, 0.05) is 25.2 Å². The maximum Gasteiger partial charge on any atom is 0.226 e. The predicted octanol–water partition coefficient (Wildman–Crippen LogP) is 2.42. The number of hydrogen-bond donors (Lipinski definition) is 0. The van der Waals surface area contributed by atoms with Crippen LogP contribution in [0.4, 0.5) is 0 Å². The molecule has 0 aromatic carbocycles. The Bertz CT molecular complexity index is 439. The fourth-order valence-corrected chi connectivity index (χ4v) is 3.21. The molecule has 5 nitrogen and oxygen atoms in total. The number of ether oxygens (including phenoxy) is 2. The van der Waals surface area contributed by atoms with E-state index in [0.29, 0.717) is 11.8 Å². The van der Waals surface area contributed by atoms with E-state index in [0.717, 1.165) is 57.0 Å². The van der Waals surface area contributed by atoms with E-state index >= 15 is 0 Å². The van der Waals surface area contributed by atoms with Crippen LogP contribution in [-0.4, -0.2) is 29.1 Å². The zero-order valence-electron chi connectivity index (χ0n) is 11.1. The van der Waals surface area contributed by atoms with Gasteiger partial charge in [-0.25, -0.2) is 0 Å². The molecule has 1 aliphatic heterocycles. The first kappa shape index (κ1) is 11.9. The molecule has 0 radical (unpaired) electrons. The molecule has 2 heterocycles. The number of rotatable bonds is 3. The average Bonchev–Trinajstić information content (AvgIpc) is 3.01. The summed E-state index contributed by atoms with van der Waals surface area (Å²) in [5.41, 5.74) is 0. The van der Waals surface area contributed by atoms with Gasteiger partial charge < -0.3 is 14.0 Å². The van der Waals surface area contributed by atoms with E-state index in [1.807, 2.05) is 0 Å². The Balaban J connectivity index is 1.33. The molecule has 1 aromatic heterocycles. The van der Waals surface area contributed by atoms with E-state index in [9.17, 15) is 0 Å². The smallest absolute Gasteiger partial charge is 0.226 e. The molecular formula is C14H20N2O3. The molecule has 5 heteroatoms. The van der Waals surface area contributed by atoms with Gasteiger partial charge in [-0.3, -0.25) is 0 Å². The van der Waals surface area contributed by atoms with E-state index in [1.165, 1.54) is 12.8 Å². The highest BCUT2D eigenvalue weighted by molar-refractivity contribution is 5.03. The summed E-state index contributed by atoms with van der Waals surface area (Å²) in [6, 6.07) is 0. The lowest BCUT2D eigenvalue weighted by Crippen LogP contribution is -2.35. The molecule has 0 amide bonds. The van der Waals surface area contributed by atoms with Crippen LogP contribution in [0.5, 0.6) is 0 Å². The summed E-state index contributed by atoms with van der Waals surface area (Å²) in [5, 5.41) is 4.08. The van der Waals surface area contributed by atoms with Gasteiger partial charge in [-0.1, -0.05) is 5.16 Å². The zero-order valence-corrected chi connectivity index (χ0v) is 11.1. The van der Waals surface area contributed by atoms with Crippen LogP contribution in [0.1, 0.15) is 56.2 Å². The molecule has 3 aliphatic rings. The fraction of sp³-hybridized carbons (Fsp3) is 0.857. The van der Waals surface area contributed by atoms with Gasteiger partial charge in [0.1, 0.15) is 0 Å². The maximum atomic E-state index is 5.75. The summed E-state index contributed by atoms with van der Waals surface area (Å²) in [5.74, 6) is 2.68. The molecule has 4 rings (SSSR count). The van der Waals surface area contributed by atoms with Crippen molar-refractivity contribution >= 4 is 0 Å². The number of hydrogen-bond acceptors (Lipinski definition) is 5. The lowest BCUT2D eigenvalue weighted by molar-refractivity contribution is -0.182. The van der Waals surface area contributed by atoms with Crippen LogP contribution in [0, 0.1) is 5.92 Å². The molecule has 0 N–H and O–H groups in total. The minimum Gasteiger partial charge on any atom is -0.348 e. The highest BCUT2D eigenvalue weighted by atomic mass is 16.7. The Morgan fingerprint density at radius 1 is 1.05 bits per heavy atom. The van der Waals surface area contributed by atoms with Crippen molar-refractivity contribution in [3.05, 3.63) is 11.7 Å². The third kappa shape index (κ3) is 2.41. The van der Waals surface area contributed by atoms with Crippen LogP contribution >= 0.6 is 0 Å². The SMILES string of the molecule is C1COC2(CCC(Cc3nc(C4CC4)no3)CC2)O1. The summed E-state index contributed by atoms with van der Waals surface area (Å²) in [6.45, 7) is 1.50. The van der Waals surface area contributed by atoms with Crippen LogP contribution in [0.3, 0.4) is 0 Å². The Hall–Kier alpha value is -0.940. The van der Waals surface area contributed by atoms with Crippen molar-refractivity contribution in [2.24, 2.45) is 5.92 Å². The van der Waals surface area contributed by atoms with Crippen molar-refractivity contribution in [3.8, 4) is 0 Å². The Labute approximate surface area is 112 Å². The molecule has 19 heavy (non-hydrogen) atoms. The summed E-state index contributed by atoms with van der Waals surface area (Å²) >= 11 is 0. The monoisotopic (exact) mass is 264 g/mol.